The molecule has 2 aromatic rings. The number of hydrogen-bond donors (Lipinski definition) is 3. The number of carbonyl (C=O) groups is 3. The highest BCUT2D eigenvalue weighted by molar-refractivity contribution is 5.98. The Hall–Kier alpha value is -2.93. The number of anilines is 1. The topological polar surface area (TPSA) is 108 Å². The quantitative estimate of drug-likeness (QED) is 0.533. The summed E-state index contributed by atoms with van der Waals surface area (Å²) >= 11 is 0. The molecular weight excluding hydrogens is 348 g/mol. The molecule has 1 aromatic heterocycles. The Morgan fingerprint density at radius 3 is 2.19 bits per heavy atom. The van der Waals surface area contributed by atoms with Crippen molar-refractivity contribution in [2.75, 3.05) is 5.32 Å². The molecule has 27 heavy (non-hydrogen) atoms. The standard InChI is InChI=1S/C20H24N2O5/c1-10-17(13(4)24)11(2)21-18(10)20(26)27-14(5)19(25)22-16-8-6-15(7-9-16)12(3)23/h6-9,13-14,21,24H,1-5H3,(H,22,25)/t13-,14-/m0/s1. The molecule has 0 aliphatic carbocycles. The fraction of sp³-hybridized carbons (Fsp3) is 0.350. The van der Waals surface area contributed by atoms with Crippen LogP contribution >= 0.6 is 0 Å². The maximum atomic E-state index is 12.4. The maximum Gasteiger partial charge on any atom is 0.355 e. The van der Waals surface area contributed by atoms with Crippen LogP contribution in [0, 0.1) is 13.8 Å². The fourth-order valence-electron chi connectivity index (χ4n) is 2.90. The zero-order valence-electron chi connectivity index (χ0n) is 16.0. The first-order chi connectivity index (χ1) is 12.6. The molecule has 0 fully saturated rings. The van der Waals surface area contributed by atoms with Gasteiger partial charge in [0, 0.05) is 22.5 Å². The van der Waals surface area contributed by atoms with Gasteiger partial charge < -0.3 is 20.1 Å². The normalized spacial score (nSPS) is 13.0. The summed E-state index contributed by atoms with van der Waals surface area (Å²) < 4.78 is 5.24. The number of ether oxygens (including phenoxy) is 1. The molecule has 0 saturated heterocycles. The van der Waals surface area contributed by atoms with Crippen molar-refractivity contribution in [3.63, 3.8) is 0 Å². The van der Waals surface area contributed by atoms with Crippen molar-refractivity contribution >= 4 is 23.3 Å². The molecule has 0 unspecified atom stereocenters. The number of amides is 1. The summed E-state index contributed by atoms with van der Waals surface area (Å²) in [4.78, 5) is 38.8. The molecule has 0 bridgehead atoms. The summed E-state index contributed by atoms with van der Waals surface area (Å²) in [5.74, 6) is -1.23. The van der Waals surface area contributed by atoms with Crippen LogP contribution in [0.4, 0.5) is 5.69 Å². The number of aromatic nitrogens is 1. The highest BCUT2D eigenvalue weighted by atomic mass is 16.5. The molecule has 1 amide bonds. The lowest BCUT2D eigenvalue weighted by Gasteiger charge is -2.14. The number of rotatable bonds is 6. The minimum absolute atomic E-state index is 0.0663. The van der Waals surface area contributed by atoms with Crippen molar-refractivity contribution < 1.29 is 24.2 Å². The zero-order chi connectivity index (χ0) is 20.3. The van der Waals surface area contributed by atoms with Crippen molar-refractivity contribution in [1.29, 1.82) is 0 Å². The predicted molar refractivity (Wildman–Crippen MR) is 101 cm³/mol. The Bertz CT molecular complexity index is 865. The van der Waals surface area contributed by atoms with Crippen molar-refractivity contribution in [1.82, 2.24) is 4.98 Å². The molecule has 2 atom stereocenters. The van der Waals surface area contributed by atoms with Gasteiger partial charge in [-0.15, -0.1) is 0 Å². The number of ketones is 1. The van der Waals surface area contributed by atoms with Gasteiger partial charge in [-0.1, -0.05) is 0 Å². The van der Waals surface area contributed by atoms with E-state index in [1.54, 1.807) is 45.0 Å². The molecule has 3 N–H and O–H groups in total. The third-order valence-electron chi connectivity index (χ3n) is 4.33. The smallest absolute Gasteiger partial charge is 0.355 e. The van der Waals surface area contributed by atoms with E-state index in [1.807, 2.05) is 0 Å². The third kappa shape index (κ3) is 4.62. The lowest BCUT2D eigenvalue weighted by atomic mass is 10.1. The number of aromatic amines is 1. The Morgan fingerprint density at radius 1 is 1.11 bits per heavy atom. The van der Waals surface area contributed by atoms with Gasteiger partial charge in [0.1, 0.15) is 5.69 Å². The minimum Gasteiger partial charge on any atom is -0.448 e. The molecule has 0 radical (unpaired) electrons. The number of hydrogen-bond acceptors (Lipinski definition) is 5. The van der Waals surface area contributed by atoms with E-state index in [0.29, 0.717) is 28.1 Å². The van der Waals surface area contributed by atoms with Crippen molar-refractivity contribution in [2.45, 2.75) is 46.8 Å². The van der Waals surface area contributed by atoms with Crippen LogP contribution in [0.1, 0.15) is 64.5 Å². The van der Waals surface area contributed by atoms with Crippen molar-refractivity contribution in [2.24, 2.45) is 0 Å². The Labute approximate surface area is 157 Å². The summed E-state index contributed by atoms with van der Waals surface area (Å²) in [5.41, 5.74) is 3.17. The summed E-state index contributed by atoms with van der Waals surface area (Å²) in [6, 6.07) is 6.43. The summed E-state index contributed by atoms with van der Waals surface area (Å²) in [5, 5.41) is 12.4. The van der Waals surface area contributed by atoms with Gasteiger partial charge in [-0.25, -0.2) is 4.79 Å². The van der Waals surface area contributed by atoms with Gasteiger partial charge in [-0.3, -0.25) is 9.59 Å². The SMILES string of the molecule is CC(=O)c1ccc(NC(=O)[C@H](C)OC(=O)c2[nH]c(C)c([C@H](C)O)c2C)cc1. The van der Waals surface area contributed by atoms with E-state index in [1.165, 1.54) is 13.8 Å². The zero-order valence-corrected chi connectivity index (χ0v) is 16.0. The molecule has 0 aliphatic rings. The molecule has 7 nitrogen and oxygen atoms in total. The van der Waals surface area contributed by atoms with Crippen molar-refractivity contribution in [3.05, 3.63) is 52.3 Å². The molecule has 1 aromatic carbocycles. The number of H-pyrrole nitrogens is 1. The number of carbonyl (C=O) groups excluding carboxylic acids is 3. The minimum atomic E-state index is -1.03. The summed E-state index contributed by atoms with van der Waals surface area (Å²) in [6.45, 7) is 8.02. The summed E-state index contributed by atoms with van der Waals surface area (Å²) in [7, 11) is 0. The van der Waals surface area contributed by atoms with E-state index >= 15 is 0 Å². The van der Waals surface area contributed by atoms with Gasteiger partial charge in [-0.05, 0) is 64.4 Å². The first-order valence-electron chi connectivity index (χ1n) is 8.61. The molecule has 7 heteroatoms. The van der Waals surface area contributed by atoms with Crippen LogP contribution in [0.3, 0.4) is 0 Å². The predicted octanol–water partition coefficient (Wildman–Crippen LogP) is 3.07. The number of esters is 1. The molecule has 1 heterocycles. The number of benzene rings is 1. The van der Waals surface area contributed by atoms with Gasteiger partial charge >= 0.3 is 5.97 Å². The number of nitrogens with one attached hydrogen (secondary N) is 2. The van der Waals surface area contributed by atoms with Gasteiger partial charge in [-0.2, -0.15) is 0 Å². The average molecular weight is 372 g/mol. The van der Waals surface area contributed by atoms with Gasteiger partial charge in [0.05, 0.1) is 6.10 Å². The van der Waals surface area contributed by atoms with E-state index in [0.717, 1.165) is 0 Å². The molecule has 0 aliphatic heterocycles. The lowest BCUT2D eigenvalue weighted by molar-refractivity contribution is -0.123. The highest BCUT2D eigenvalue weighted by Crippen LogP contribution is 2.25. The number of aliphatic hydroxyl groups is 1. The van der Waals surface area contributed by atoms with Gasteiger partial charge in [0.15, 0.2) is 11.9 Å². The second-order valence-electron chi connectivity index (χ2n) is 6.51. The van der Waals surface area contributed by atoms with Crippen LogP contribution in [0.2, 0.25) is 0 Å². The van der Waals surface area contributed by atoms with Crippen LogP contribution in [-0.4, -0.2) is 33.9 Å². The number of Topliss-reactive ketones (excluding diaryl/α,β-unsaturated/α-hetero) is 1. The van der Waals surface area contributed by atoms with E-state index < -0.39 is 24.1 Å². The average Bonchev–Trinajstić information content (AvgIpc) is 2.89. The van der Waals surface area contributed by atoms with Crippen LogP contribution in [0.5, 0.6) is 0 Å². The number of aliphatic hydroxyl groups excluding tert-OH is 1. The van der Waals surface area contributed by atoms with Crippen LogP contribution < -0.4 is 5.32 Å². The van der Waals surface area contributed by atoms with E-state index in [4.69, 9.17) is 4.74 Å². The second kappa shape index (κ2) is 8.18. The molecule has 144 valence electrons. The largest absolute Gasteiger partial charge is 0.448 e. The summed E-state index contributed by atoms with van der Waals surface area (Å²) in [6.07, 6.45) is -1.75. The van der Waals surface area contributed by atoms with Crippen LogP contribution in [0.15, 0.2) is 24.3 Å². The first kappa shape index (κ1) is 20.4. The van der Waals surface area contributed by atoms with E-state index in [9.17, 15) is 19.5 Å². The maximum absolute atomic E-state index is 12.4. The van der Waals surface area contributed by atoms with Gasteiger partial charge in [0.2, 0.25) is 0 Å². The molecule has 2 rings (SSSR count). The Kier molecular flexibility index (Phi) is 6.17. The first-order valence-corrected chi connectivity index (χ1v) is 8.61. The lowest BCUT2D eigenvalue weighted by Crippen LogP contribution is -2.30. The molecule has 0 saturated carbocycles. The Morgan fingerprint density at radius 2 is 1.70 bits per heavy atom. The van der Waals surface area contributed by atoms with Gasteiger partial charge in [0.25, 0.3) is 5.91 Å². The monoisotopic (exact) mass is 372 g/mol. The second-order valence-corrected chi connectivity index (χ2v) is 6.51. The van der Waals surface area contributed by atoms with E-state index in [2.05, 4.69) is 10.3 Å². The van der Waals surface area contributed by atoms with Crippen LogP contribution in [-0.2, 0) is 9.53 Å². The molecule has 0 spiro atoms. The van der Waals surface area contributed by atoms with E-state index in [-0.39, 0.29) is 11.5 Å². The highest BCUT2D eigenvalue weighted by Gasteiger charge is 2.24. The third-order valence-corrected chi connectivity index (χ3v) is 4.33. The van der Waals surface area contributed by atoms with Crippen LogP contribution in [0.25, 0.3) is 0 Å². The number of aryl methyl sites for hydroxylation is 1. The fourth-order valence-corrected chi connectivity index (χ4v) is 2.90. The molecular formula is C20H24N2O5. The Balaban J connectivity index is 2.04. The van der Waals surface area contributed by atoms with Crippen molar-refractivity contribution in [3.8, 4) is 0 Å².